The topological polar surface area (TPSA) is 128 Å². The van der Waals surface area contributed by atoms with Crippen molar-refractivity contribution in [3.8, 4) is 0 Å². The summed E-state index contributed by atoms with van der Waals surface area (Å²) in [6.45, 7) is 9.06. The lowest BCUT2D eigenvalue weighted by Crippen LogP contribution is -2.66. The molecule has 1 fully saturated rings. The van der Waals surface area contributed by atoms with Gasteiger partial charge in [-0.25, -0.2) is 4.79 Å². The van der Waals surface area contributed by atoms with Crippen molar-refractivity contribution >= 4 is 23.8 Å². The molecule has 3 rings (SSSR count). The maximum absolute atomic E-state index is 13.9. The molecule has 2 aromatic carbocycles. The van der Waals surface area contributed by atoms with Crippen molar-refractivity contribution in [3.05, 3.63) is 71.3 Å². The van der Waals surface area contributed by atoms with Crippen LogP contribution in [0.2, 0.25) is 0 Å². The van der Waals surface area contributed by atoms with Gasteiger partial charge in [-0.2, -0.15) is 0 Å². The van der Waals surface area contributed by atoms with E-state index in [2.05, 4.69) is 10.6 Å². The summed E-state index contributed by atoms with van der Waals surface area (Å²) in [6, 6.07) is 14.7. The average Bonchev–Trinajstić information content (AvgIpc) is 2.87. The van der Waals surface area contributed by atoms with Crippen molar-refractivity contribution in [1.29, 1.82) is 0 Å². The third-order valence-corrected chi connectivity index (χ3v) is 6.47. The third-order valence-electron chi connectivity index (χ3n) is 6.47. The minimum atomic E-state index is -1.43. The lowest BCUT2D eigenvalue weighted by atomic mass is 9.92. The van der Waals surface area contributed by atoms with Crippen LogP contribution in [0, 0.1) is 0 Å². The molecule has 10 heteroatoms. The monoisotopic (exact) mass is 552 g/mol. The summed E-state index contributed by atoms with van der Waals surface area (Å²) in [6.07, 6.45) is -1.94. The molecule has 0 saturated carbocycles. The van der Waals surface area contributed by atoms with Crippen molar-refractivity contribution in [1.82, 2.24) is 20.4 Å². The Labute approximate surface area is 235 Å². The fraction of sp³-hybridized carbons (Fsp3) is 0.467. The molecule has 4 amide bonds. The van der Waals surface area contributed by atoms with Gasteiger partial charge in [-0.1, -0.05) is 54.6 Å². The number of aliphatic hydroxyl groups excluding tert-OH is 1. The number of aliphatic hydroxyl groups is 1. The summed E-state index contributed by atoms with van der Waals surface area (Å²) in [7, 11) is 0. The van der Waals surface area contributed by atoms with Crippen molar-refractivity contribution < 1.29 is 29.0 Å². The SMILES string of the molecule is CC(=O)NCc1cccc(C[C@H](NC(C)=O)[C@H](O)[C@H]2C(=O)N(Cc3ccccc3)CCN2C(=O)OC(C)(C)C)c1. The van der Waals surface area contributed by atoms with E-state index in [1.54, 1.807) is 25.7 Å². The number of hydrogen-bond acceptors (Lipinski definition) is 6. The van der Waals surface area contributed by atoms with Crippen LogP contribution in [0.1, 0.15) is 51.3 Å². The highest BCUT2D eigenvalue weighted by molar-refractivity contribution is 5.88. The van der Waals surface area contributed by atoms with Crippen molar-refractivity contribution in [2.24, 2.45) is 0 Å². The molecule has 1 saturated heterocycles. The normalized spacial score (nSPS) is 17.1. The predicted molar refractivity (Wildman–Crippen MR) is 150 cm³/mol. The molecule has 10 nitrogen and oxygen atoms in total. The van der Waals surface area contributed by atoms with Gasteiger partial charge in [0.25, 0.3) is 0 Å². The summed E-state index contributed by atoms with van der Waals surface area (Å²) in [5.74, 6) is -0.968. The molecule has 216 valence electrons. The molecule has 0 unspecified atom stereocenters. The summed E-state index contributed by atoms with van der Waals surface area (Å²) in [5, 5.41) is 17.2. The maximum atomic E-state index is 13.9. The van der Waals surface area contributed by atoms with E-state index < -0.39 is 35.8 Å². The Bertz CT molecular complexity index is 1200. The second-order valence-corrected chi connectivity index (χ2v) is 11.1. The number of nitrogens with one attached hydrogen (secondary N) is 2. The minimum Gasteiger partial charge on any atom is -0.444 e. The molecule has 0 aromatic heterocycles. The van der Waals surface area contributed by atoms with Gasteiger partial charge in [0.2, 0.25) is 17.7 Å². The average molecular weight is 553 g/mol. The zero-order valence-corrected chi connectivity index (χ0v) is 23.8. The molecule has 0 radical (unpaired) electrons. The number of amides is 4. The second kappa shape index (κ2) is 13.4. The first-order chi connectivity index (χ1) is 18.8. The zero-order valence-electron chi connectivity index (χ0n) is 23.8. The van der Waals surface area contributed by atoms with Crippen LogP contribution in [0.3, 0.4) is 0 Å². The largest absolute Gasteiger partial charge is 0.444 e. The molecule has 1 aliphatic rings. The molecule has 1 heterocycles. The Balaban J connectivity index is 1.91. The second-order valence-electron chi connectivity index (χ2n) is 11.1. The number of ether oxygens (including phenoxy) is 1. The van der Waals surface area contributed by atoms with E-state index in [0.29, 0.717) is 13.1 Å². The molecule has 0 aliphatic carbocycles. The minimum absolute atomic E-state index is 0.157. The number of nitrogens with zero attached hydrogens (tertiary/aromatic N) is 2. The summed E-state index contributed by atoms with van der Waals surface area (Å²) >= 11 is 0. The molecule has 3 atom stereocenters. The van der Waals surface area contributed by atoms with Crippen LogP contribution < -0.4 is 10.6 Å². The first-order valence-corrected chi connectivity index (χ1v) is 13.4. The first kappa shape index (κ1) is 30.6. The smallest absolute Gasteiger partial charge is 0.411 e. The molecule has 0 spiro atoms. The zero-order chi connectivity index (χ0) is 29.4. The van der Waals surface area contributed by atoms with Gasteiger partial charge in [0.1, 0.15) is 17.7 Å². The number of carbonyl (C=O) groups is 4. The number of benzene rings is 2. The molecular formula is C30H40N4O6. The number of carbonyl (C=O) groups excluding carboxylic acids is 4. The molecule has 3 N–H and O–H groups in total. The molecular weight excluding hydrogens is 512 g/mol. The standard InChI is InChI=1S/C30H40N4O6/c1-20(35)31-18-24-13-9-12-23(16-24)17-25(32-21(2)36)27(37)26-28(38)33(19-22-10-7-6-8-11-22)14-15-34(26)29(39)40-30(3,4)5/h6-13,16,25-27,37H,14-15,17-19H2,1-5H3,(H,31,35)(H,32,36)/t25-,26-,27-/m0/s1. The molecule has 0 bridgehead atoms. The van der Waals surface area contributed by atoms with E-state index in [4.69, 9.17) is 4.74 Å². The Kier molecular flexibility index (Phi) is 10.3. The Morgan fingerprint density at radius 2 is 1.62 bits per heavy atom. The van der Waals surface area contributed by atoms with Gasteiger partial charge in [0, 0.05) is 40.0 Å². The Hall–Kier alpha value is -3.92. The van der Waals surface area contributed by atoms with E-state index in [-0.39, 0.29) is 31.3 Å². The quantitative estimate of drug-likeness (QED) is 0.438. The highest BCUT2D eigenvalue weighted by atomic mass is 16.6. The van der Waals surface area contributed by atoms with Crippen LogP contribution in [-0.2, 0) is 38.6 Å². The fourth-order valence-electron chi connectivity index (χ4n) is 4.70. The highest BCUT2D eigenvalue weighted by Gasteiger charge is 2.46. The Morgan fingerprint density at radius 1 is 0.975 bits per heavy atom. The predicted octanol–water partition coefficient (Wildman–Crippen LogP) is 2.38. The molecule has 1 aliphatic heterocycles. The van der Waals surface area contributed by atoms with E-state index in [0.717, 1.165) is 16.7 Å². The number of hydrogen-bond donors (Lipinski definition) is 3. The number of rotatable bonds is 9. The van der Waals surface area contributed by atoms with E-state index in [1.165, 1.54) is 18.7 Å². The van der Waals surface area contributed by atoms with Crippen LogP contribution >= 0.6 is 0 Å². The van der Waals surface area contributed by atoms with Crippen LogP contribution in [0.15, 0.2) is 54.6 Å². The molecule has 40 heavy (non-hydrogen) atoms. The van der Waals surface area contributed by atoms with Gasteiger partial charge < -0.3 is 25.4 Å². The van der Waals surface area contributed by atoms with Gasteiger partial charge in [-0.05, 0) is 43.9 Å². The third kappa shape index (κ3) is 8.81. The van der Waals surface area contributed by atoms with Crippen LogP contribution in [0.5, 0.6) is 0 Å². The van der Waals surface area contributed by atoms with Crippen LogP contribution in [-0.4, -0.2) is 75.6 Å². The first-order valence-electron chi connectivity index (χ1n) is 13.4. The van der Waals surface area contributed by atoms with Crippen LogP contribution in [0.25, 0.3) is 0 Å². The maximum Gasteiger partial charge on any atom is 0.411 e. The van der Waals surface area contributed by atoms with Gasteiger partial charge >= 0.3 is 6.09 Å². The number of piperazine rings is 1. The van der Waals surface area contributed by atoms with E-state index in [9.17, 15) is 24.3 Å². The summed E-state index contributed by atoms with van der Waals surface area (Å²) in [5.41, 5.74) is 1.75. The van der Waals surface area contributed by atoms with Crippen molar-refractivity contribution in [2.75, 3.05) is 13.1 Å². The van der Waals surface area contributed by atoms with E-state index in [1.807, 2.05) is 54.6 Å². The lowest BCUT2D eigenvalue weighted by molar-refractivity contribution is -0.149. The lowest BCUT2D eigenvalue weighted by Gasteiger charge is -2.44. The summed E-state index contributed by atoms with van der Waals surface area (Å²) < 4.78 is 5.58. The fourth-order valence-corrected chi connectivity index (χ4v) is 4.70. The van der Waals surface area contributed by atoms with Gasteiger partial charge in [0.05, 0.1) is 6.04 Å². The highest BCUT2D eigenvalue weighted by Crippen LogP contribution is 2.23. The van der Waals surface area contributed by atoms with Crippen LogP contribution in [0.4, 0.5) is 4.79 Å². The Morgan fingerprint density at radius 3 is 2.25 bits per heavy atom. The van der Waals surface area contributed by atoms with Crippen molar-refractivity contribution in [2.45, 2.75) is 77.9 Å². The van der Waals surface area contributed by atoms with Gasteiger partial charge in [-0.3, -0.25) is 19.3 Å². The van der Waals surface area contributed by atoms with Gasteiger partial charge in [-0.15, -0.1) is 0 Å². The molecule has 2 aromatic rings. The van der Waals surface area contributed by atoms with Gasteiger partial charge in [0.15, 0.2) is 0 Å². The summed E-state index contributed by atoms with van der Waals surface area (Å²) in [4.78, 5) is 53.5. The van der Waals surface area contributed by atoms with Crippen molar-refractivity contribution in [3.63, 3.8) is 0 Å². The van der Waals surface area contributed by atoms with E-state index >= 15 is 0 Å².